The van der Waals surface area contributed by atoms with Crippen molar-refractivity contribution in [1.82, 2.24) is 4.90 Å². The second-order valence-electron chi connectivity index (χ2n) is 6.23. The number of morpholine rings is 1. The molecule has 0 saturated carbocycles. The summed E-state index contributed by atoms with van der Waals surface area (Å²) in [5, 5.41) is 8.98. The number of fused-ring (bicyclic) bond motifs is 2. The maximum absolute atomic E-state index is 12.4. The molecule has 1 amide bonds. The van der Waals surface area contributed by atoms with Gasteiger partial charge in [-0.1, -0.05) is 30.3 Å². The molecular formula is C17H21NO5. The minimum atomic E-state index is -0.783. The van der Waals surface area contributed by atoms with E-state index in [1.54, 1.807) is 4.90 Å². The minimum absolute atomic E-state index is 0.0878. The van der Waals surface area contributed by atoms with Crippen LogP contribution in [-0.4, -0.2) is 47.4 Å². The highest BCUT2D eigenvalue weighted by molar-refractivity contribution is 5.69. The number of nitrogens with zero attached hydrogens (tertiary/aromatic N) is 1. The molecule has 2 unspecified atom stereocenters. The van der Waals surface area contributed by atoms with E-state index in [4.69, 9.17) is 14.6 Å². The Bertz CT molecular complexity index is 547. The lowest BCUT2D eigenvalue weighted by Gasteiger charge is -2.47. The zero-order valence-electron chi connectivity index (χ0n) is 12.9. The maximum atomic E-state index is 12.4. The molecular weight excluding hydrogens is 298 g/mol. The number of amides is 1. The molecule has 0 aliphatic carbocycles. The van der Waals surface area contributed by atoms with Gasteiger partial charge in [-0.3, -0.25) is 9.69 Å². The Hall–Kier alpha value is -2.08. The van der Waals surface area contributed by atoms with E-state index in [1.807, 2.05) is 30.3 Å². The Morgan fingerprint density at radius 1 is 1.17 bits per heavy atom. The van der Waals surface area contributed by atoms with E-state index < -0.39 is 5.97 Å². The summed E-state index contributed by atoms with van der Waals surface area (Å²) in [6.45, 7) is 1.15. The van der Waals surface area contributed by atoms with Crippen LogP contribution >= 0.6 is 0 Å². The standard InChI is InChI=1S/C17H21NO5/c19-16(20)8-13-6-14-10-22-11-15(7-13)18(14)17(21)23-9-12-4-2-1-3-5-12/h1-5,13-15H,6-11H2,(H,19,20). The molecule has 1 aromatic carbocycles. The first-order valence-corrected chi connectivity index (χ1v) is 7.92. The van der Waals surface area contributed by atoms with Crippen LogP contribution in [-0.2, 0) is 20.9 Å². The van der Waals surface area contributed by atoms with E-state index in [9.17, 15) is 9.59 Å². The monoisotopic (exact) mass is 319 g/mol. The molecule has 23 heavy (non-hydrogen) atoms. The van der Waals surface area contributed by atoms with Crippen LogP contribution in [0.15, 0.2) is 30.3 Å². The number of rotatable bonds is 4. The topological polar surface area (TPSA) is 76.1 Å². The zero-order chi connectivity index (χ0) is 16.2. The fraction of sp³-hybridized carbons (Fsp3) is 0.529. The van der Waals surface area contributed by atoms with Crippen LogP contribution in [0.4, 0.5) is 4.79 Å². The summed E-state index contributed by atoms with van der Waals surface area (Å²) in [5.74, 6) is -0.682. The molecule has 1 aromatic rings. The number of ether oxygens (including phenoxy) is 2. The third-order valence-electron chi connectivity index (χ3n) is 4.50. The lowest BCUT2D eigenvalue weighted by atomic mass is 9.83. The summed E-state index contributed by atoms with van der Waals surface area (Å²) in [7, 11) is 0. The van der Waals surface area contributed by atoms with Crippen molar-refractivity contribution >= 4 is 12.1 Å². The summed E-state index contributed by atoms with van der Waals surface area (Å²) in [5.41, 5.74) is 0.947. The number of carboxylic acid groups (broad SMARTS) is 1. The van der Waals surface area contributed by atoms with E-state index in [0.717, 1.165) is 5.56 Å². The largest absolute Gasteiger partial charge is 0.481 e. The molecule has 2 fully saturated rings. The van der Waals surface area contributed by atoms with Gasteiger partial charge in [0.05, 0.1) is 25.3 Å². The molecule has 124 valence electrons. The highest BCUT2D eigenvalue weighted by Crippen LogP contribution is 2.33. The van der Waals surface area contributed by atoms with Gasteiger partial charge < -0.3 is 14.6 Å². The fourth-order valence-corrected chi connectivity index (χ4v) is 3.53. The first-order chi connectivity index (χ1) is 11.1. The van der Waals surface area contributed by atoms with Crippen LogP contribution in [0.25, 0.3) is 0 Å². The van der Waals surface area contributed by atoms with Gasteiger partial charge in [-0.05, 0) is 24.3 Å². The lowest BCUT2D eigenvalue weighted by Crippen LogP contribution is -2.59. The van der Waals surface area contributed by atoms with Crippen LogP contribution < -0.4 is 0 Å². The smallest absolute Gasteiger partial charge is 0.410 e. The van der Waals surface area contributed by atoms with Gasteiger partial charge in [0, 0.05) is 6.42 Å². The normalized spacial score (nSPS) is 26.6. The van der Waals surface area contributed by atoms with Gasteiger partial charge >= 0.3 is 12.1 Å². The van der Waals surface area contributed by atoms with E-state index in [2.05, 4.69) is 0 Å². The molecule has 1 N–H and O–H groups in total. The molecule has 0 radical (unpaired) electrons. The van der Waals surface area contributed by atoms with Crippen LogP contribution in [0.3, 0.4) is 0 Å². The number of benzene rings is 1. The van der Waals surface area contributed by atoms with Gasteiger partial charge in [-0.15, -0.1) is 0 Å². The molecule has 0 aromatic heterocycles. The van der Waals surface area contributed by atoms with Crippen molar-refractivity contribution in [2.75, 3.05) is 13.2 Å². The second kappa shape index (κ2) is 7.00. The van der Waals surface area contributed by atoms with Crippen molar-refractivity contribution in [3.63, 3.8) is 0 Å². The average molecular weight is 319 g/mol. The molecule has 2 heterocycles. The highest BCUT2D eigenvalue weighted by Gasteiger charge is 2.42. The first-order valence-electron chi connectivity index (χ1n) is 7.92. The molecule has 2 aliphatic heterocycles. The molecule has 6 heteroatoms. The molecule has 2 aliphatic rings. The van der Waals surface area contributed by atoms with Crippen LogP contribution in [0.2, 0.25) is 0 Å². The third kappa shape index (κ3) is 3.82. The molecule has 2 atom stereocenters. The summed E-state index contributed by atoms with van der Waals surface area (Å²) < 4.78 is 11.0. The van der Waals surface area contributed by atoms with E-state index in [0.29, 0.717) is 26.1 Å². The molecule has 3 rings (SSSR count). The number of aliphatic carboxylic acids is 1. The van der Waals surface area contributed by atoms with Crippen LogP contribution in [0, 0.1) is 5.92 Å². The predicted molar refractivity (Wildman–Crippen MR) is 81.8 cm³/mol. The number of carbonyl (C=O) groups is 2. The van der Waals surface area contributed by atoms with E-state index in [-0.39, 0.29) is 37.1 Å². The molecule has 6 nitrogen and oxygen atoms in total. The van der Waals surface area contributed by atoms with Crippen LogP contribution in [0.5, 0.6) is 0 Å². The maximum Gasteiger partial charge on any atom is 0.410 e. The number of carbonyl (C=O) groups excluding carboxylic acids is 1. The number of carboxylic acids is 1. The van der Waals surface area contributed by atoms with Crippen molar-refractivity contribution in [2.24, 2.45) is 5.92 Å². The Morgan fingerprint density at radius 2 is 1.83 bits per heavy atom. The Balaban J connectivity index is 1.60. The number of hydrogen-bond acceptors (Lipinski definition) is 4. The summed E-state index contributed by atoms with van der Waals surface area (Å²) in [6, 6.07) is 9.38. The van der Waals surface area contributed by atoms with Crippen molar-refractivity contribution in [2.45, 2.75) is 38.0 Å². The van der Waals surface area contributed by atoms with Gasteiger partial charge in [0.2, 0.25) is 0 Å². The lowest BCUT2D eigenvalue weighted by molar-refractivity contribution is -0.140. The van der Waals surface area contributed by atoms with Crippen molar-refractivity contribution in [3.8, 4) is 0 Å². The molecule has 0 spiro atoms. The quantitative estimate of drug-likeness (QED) is 0.921. The van der Waals surface area contributed by atoms with Crippen molar-refractivity contribution in [1.29, 1.82) is 0 Å². The van der Waals surface area contributed by atoms with Crippen LogP contribution in [0.1, 0.15) is 24.8 Å². The third-order valence-corrected chi connectivity index (χ3v) is 4.50. The van der Waals surface area contributed by atoms with Crippen molar-refractivity contribution in [3.05, 3.63) is 35.9 Å². The van der Waals surface area contributed by atoms with Gasteiger partial charge in [0.25, 0.3) is 0 Å². The predicted octanol–water partition coefficient (Wildman–Crippen LogP) is 2.28. The van der Waals surface area contributed by atoms with Gasteiger partial charge in [-0.25, -0.2) is 4.79 Å². The summed E-state index contributed by atoms with van der Waals surface area (Å²) in [6.07, 6.45) is 1.13. The summed E-state index contributed by atoms with van der Waals surface area (Å²) in [4.78, 5) is 25.1. The van der Waals surface area contributed by atoms with Gasteiger partial charge in [-0.2, -0.15) is 0 Å². The Morgan fingerprint density at radius 3 is 2.43 bits per heavy atom. The highest BCUT2D eigenvalue weighted by atomic mass is 16.6. The minimum Gasteiger partial charge on any atom is -0.481 e. The Labute approximate surface area is 135 Å². The fourth-order valence-electron chi connectivity index (χ4n) is 3.53. The number of hydrogen-bond donors (Lipinski definition) is 1. The number of piperidine rings is 1. The molecule has 2 bridgehead atoms. The Kier molecular flexibility index (Phi) is 4.81. The summed E-state index contributed by atoms with van der Waals surface area (Å²) >= 11 is 0. The second-order valence-corrected chi connectivity index (χ2v) is 6.23. The van der Waals surface area contributed by atoms with Crippen molar-refractivity contribution < 1.29 is 24.2 Å². The first kappa shape index (κ1) is 15.8. The zero-order valence-corrected chi connectivity index (χ0v) is 12.9. The average Bonchev–Trinajstić information content (AvgIpc) is 2.52. The SMILES string of the molecule is O=C(O)CC1CC2COCC(C1)N2C(=O)OCc1ccccc1. The van der Waals surface area contributed by atoms with E-state index >= 15 is 0 Å². The van der Waals surface area contributed by atoms with E-state index in [1.165, 1.54) is 0 Å². The van der Waals surface area contributed by atoms with Gasteiger partial charge in [0.15, 0.2) is 0 Å². The molecule has 2 saturated heterocycles. The van der Waals surface area contributed by atoms with Gasteiger partial charge in [0.1, 0.15) is 6.61 Å².